The number of aromatic nitrogens is 1. The van der Waals surface area contributed by atoms with Crippen LogP contribution >= 0.6 is 0 Å². The van der Waals surface area contributed by atoms with E-state index in [1.165, 1.54) is 0 Å². The summed E-state index contributed by atoms with van der Waals surface area (Å²) >= 11 is 0. The monoisotopic (exact) mass is 289 g/mol. The summed E-state index contributed by atoms with van der Waals surface area (Å²) in [5, 5.41) is 11.6. The molecule has 0 saturated carbocycles. The van der Waals surface area contributed by atoms with Gasteiger partial charge in [0.05, 0.1) is 5.56 Å². The van der Waals surface area contributed by atoms with Crippen LogP contribution in [0.1, 0.15) is 22.4 Å². The van der Waals surface area contributed by atoms with Gasteiger partial charge in [-0.1, -0.05) is 48.5 Å². The summed E-state index contributed by atoms with van der Waals surface area (Å²) in [6.45, 7) is 1.91. The Morgan fingerprint density at radius 3 is 2.41 bits per heavy atom. The molecule has 1 aliphatic heterocycles. The molecule has 2 heterocycles. The molecule has 108 valence electrons. The molecule has 1 N–H and O–H groups in total. The van der Waals surface area contributed by atoms with E-state index >= 15 is 0 Å². The molecule has 1 atom stereocenters. The van der Waals surface area contributed by atoms with Gasteiger partial charge in [-0.05, 0) is 30.7 Å². The van der Waals surface area contributed by atoms with Crippen molar-refractivity contribution in [1.82, 2.24) is 4.98 Å². The standard InChI is InChI=1S/C19H15NO2/c1-13-11-12-16-18(20-13)22-17-10-6-5-9-15(17)19(16,21)14-7-3-2-4-8-14/h2-12,21H,1H3. The molecule has 3 nitrogen and oxygen atoms in total. The van der Waals surface area contributed by atoms with Crippen LogP contribution < -0.4 is 4.74 Å². The van der Waals surface area contributed by atoms with E-state index < -0.39 is 5.60 Å². The van der Waals surface area contributed by atoms with E-state index in [1.807, 2.05) is 73.7 Å². The maximum atomic E-state index is 11.6. The molecule has 1 aromatic heterocycles. The van der Waals surface area contributed by atoms with Crippen molar-refractivity contribution in [2.24, 2.45) is 0 Å². The maximum Gasteiger partial charge on any atom is 0.226 e. The Labute approximate surface area is 128 Å². The first-order valence-electron chi connectivity index (χ1n) is 7.23. The van der Waals surface area contributed by atoms with Gasteiger partial charge >= 0.3 is 0 Å². The lowest BCUT2D eigenvalue weighted by atomic mass is 9.79. The van der Waals surface area contributed by atoms with Crippen LogP contribution in [0.2, 0.25) is 0 Å². The molecule has 1 aliphatic rings. The molecule has 1 unspecified atom stereocenters. The van der Waals surface area contributed by atoms with Crippen molar-refractivity contribution in [1.29, 1.82) is 0 Å². The number of aryl methyl sites for hydroxylation is 1. The summed E-state index contributed by atoms with van der Waals surface area (Å²) in [5.74, 6) is 1.10. The SMILES string of the molecule is Cc1ccc2c(n1)Oc1ccccc1C2(O)c1ccccc1. The third-order valence-electron chi connectivity index (χ3n) is 4.06. The Morgan fingerprint density at radius 1 is 0.864 bits per heavy atom. The highest BCUT2D eigenvalue weighted by Gasteiger charge is 2.42. The maximum absolute atomic E-state index is 11.6. The lowest BCUT2D eigenvalue weighted by Gasteiger charge is -2.35. The van der Waals surface area contributed by atoms with Gasteiger partial charge in [0, 0.05) is 11.3 Å². The van der Waals surface area contributed by atoms with E-state index in [0.29, 0.717) is 17.2 Å². The molecule has 0 spiro atoms. The fourth-order valence-electron chi connectivity index (χ4n) is 2.98. The number of hydrogen-bond donors (Lipinski definition) is 1. The third-order valence-corrected chi connectivity index (χ3v) is 4.06. The highest BCUT2D eigenvalue weighted by atomic mass is 16.5. The molecule has 0 fully saturated rings. The molecule has 0 saturated heterocycles. The van der Waals surface area contributed by atoms with Crippen LogP contribution in [0.5, 0.6) is 11.6 Å². The summed E-state index contributed by atoms with van der Waals surface area (Å²) in [6.07, 6.45) is 0. The lowest BCUT2D eigenvalue weighted by Crippen LogP contribution is -2.32. The molecule has 22 heavy (non-hydrogen) atoms. The average molecular weight is 289 g/mol. The van der Waals surface area contributed by atoms with Gasteiger partial charge in [-0.15, -0.1) is 0 Å². The molecule has 0 radical (unpaired) electrons. The Bertz CT molecular complexity index is 845. The normalized spacial score (nSPS) is 19.0. The van der Waals surface area contributed by atoms with Crippen LogP contribution in [0.3, 0.4) is 0 Å². The second-order valence-corrected chi connectivity index (χ2v) is 5.48. The topological polar surface area (TPSA) is 42.4 Å². The summed E-state index contributed by atoms with van der Waals surface area (Å²) in [7, 11) is 0. The van der Waals surface area contributed by atoms with Crippen molar-refractivity contribution >= 4 is 0 Å². The largest absolute Gasteiger partial charge is 0.438 e. The van der Waals surface area contributed by atoms with Crippen molar-refractivity contribution in [3.05, 3.63) is 89.1 Å². The van der Waals surface area contributed by atoms with E-state index in [9.17, 15) is 5.11 Å². The molecular weight excluding hydrogens is 274 g/mol. The van der Waals surface area contributed by atoms with Crippen molar-refractivity contribution in [2.75, 3.05) is 0 Å². The number of fused-ring (bicyclic) bond motifs is 2. The van der Waals surface area contributed by atoms with E-state index in [2.05, 4.69) is 4.98 Å². The van der Waals surface area contributed by atoms with E-state index in [4.69, 9.17) is 4.74 Å². The first-order valence-corrected chi connectivity index (χ1v) is 7.23. The fourth-order valence-corrected chi connectivity index (χ4v) is 2.98. The predicted molar refractivity (Wildman–Crippen MR) is 84.0 cm³/mol. The van der Waals surface area contributed by atoms with Crippen LogP contribution in [0, 0.1) is 6.92 Å². The fraction of sp³-hybridized carbons (Fsp3) is 0.105. The summed E-state index contributed by atoms with van der Waals surface area (Å²) in [4.78, 5) is 4.45. The van der Waals surface area contributed by atoms with Gasteiger partial charge in [0.15, 0.2) is 0 Å². The van der Waals surface area contributed by atoms with Crippen molar-refractivity contribution in [2.45, 2.75) is 12.5 Å². The van der Waals surface area contributed by atoms with Gasteiger partial charge in [0.1, 0.15) is 11.4 Å². The Morgan fingerprint density at radius 2 is 1.59 bits per heavy atom. The second kappa shape index (κ2) is 4.68. The van der Waals surface area contributed by atoms with E-state index in [1.54, 1.807) is 0 Å². The zero-order valence-electron chi connectivity index (χ0n) is 12.2. The van der Waals surface area contributed by atoms with Crippen molar-refractivity contribution in [3.63, 3.8) is 0 Å². The Kier molecular flexibility index (Phi) is 2.78. The van der Waals surface area contributed by atoms with Crippen LogP contribution in [-0.2, 0) is 5.60 Å². The number of pyridine rings is 1. The van der Waals surface area contributed by atoms with Gasteiger partial charge in [-0.25, -0.2) is 4.98 Å². The van der Waals surface area contributed by atoms with Crippen LogP contribution in [0.15, 0.2) is 66.7 Å². The molecule has 0 amide bonds. The molecule has 0 aliphatic carbocycles. The highest BCUT2D eigenvalue weighted by Crippen LogP contribution is 2.49. The van der Waals surface area contributed by atoms with Crippen LogP contribution in [0.25, 0.3) is 0 Å². The number of hydrogen-bond acceptors (Lipinski definition) is 3. The van der Waals surface area contributed by atoms with Crippen LogP contribution in [-0.4, -0.2) is 10.1 Å². The minimum atomic E-state index is -1.26. The summed E-state index contributed by atoms with van der Waals surface area (Å²) < 4.78 is 5.90. The zero-order valence-corrected chi connectivity index (χ0v) is 12.2. The minimum Gasteiger partial charge on any atom is -0.438 e. The number of para-hydroxylation sites is 1. The average Bonchev–Trinajstić information content (AvgIpc) is 2.55. The van der Waals surface area contributed by atoms with Crippen LogP contribution in [0.4, 0.5) is 0 Å². The smallest absolute Gasteiger partial charge is 0.226 e. The van der Waals surface area contributed by atoms with E-state index in [-0.39, 0.29) is 0 Å². The lowest BCUT2D eigenvalue weighted by molar-refractivity contribution is 0.111. The molecule has 4 rings (SSSR count). The number of rotatable bonds is 1. The Balaban J connectivity index is 2.06. The Hall–Kier alpha value is -2.65. The molecule has 3 heteroatoms. The summed E-state index contributed by atoms with van der Waals surface area (Å²) in [5.41, 5.74) is 1.81. The molecule has 0 bridgehead atoms. The van der Waals surface area contributed by atoms with Gasteiger partial charge in [-0.2, -0.15) is 0 Å². The molecule has 3 aromatic rings. The first-order chi connectivity index (χ1) is 10.7. The molecular formula is C19H15NO2. The van der Waals surface area contributed by atoms with E-state index in [0.717, 1.165) is 16.8 Å². The molecule has 2 aromatic carbocycles. The third kappa shape index (κ3) is 1.76. The van der Waals surface area contributed by atoms with Crippen molar-refractivity contribution in [3.8, 4) is 11.6 Å². The van der Waals surface area contributed by atoms with Gasteiger partial charge in [0.25, 0.3) is 0 Å². The predicted octanol–water partition coefficient (Wildman–Crippen LogP) is 3.78. The summed E-state index contributed by atoms with van der Waals surface area (Å²) in [6, 6.07) is 21.0. The van der Waals surface area contributed by atoms with Gasteiger partial charge in [0.2, 0.25) is 5.88 Å². The number of nitrogens with zero attached hydrogens (tertiary/aromatic N) is 1. The number of benzene rings is 2. The highest BCUT2D eigenvalue weighted by molar-refractivity contribution is 5.59. The zero-order chi connectivity index (χ0) is 15.2. The van der Waals surface area contributed by atoms with Gasteiger partial charge in [-0.3, -0.25) is 0 Å². The van der Waals surface area contributed by atoms with Crippen molar-refractivity contribution < 1.29 is 9.84 Å². The van der Waals surface area contributed by atoms with Gasteiger partial charge < -0.3 is 9.84 Å². The first kappa shape index (κ1) is 13.0. The number of ether oxygens (including phenoxy) is 1. The quantitative estimate of drug-likeness (QED) is 0.741. The number of aliphatic hydroxyl groups is 1. The second-order valence-electron chi connectivity index (χ2n) is 5.48. The minimum absolute atomic E-state index is 0.463.